The second-order valence-electron chi connectivity index (χ2n) is 7.75. The van der Waals surface area contributed by atoms with Gasteiger partial charge in [0.15, 0.2) is 6.10 Å². The van der Waals surface area contributed by atoms with Crippen LogP contribution in [0.15, 0.2) is 65.6 Å². The van der Waals surface area contributed by atoms with Gasteiger partial charge in [0.2, 0.25) is 5.78 Å². The van der Waals surface area contributed by atoms with Gasteiger partial charge in [0, 0.05) is 18.2 Å². The minimum Gasteiger partial charge on any atom is -0.497 e. The number of benzene rings is 3. The average molecular weight is 545 g/mol. The molecule has 13 heteroatoms. The van der Waals surface area contributed by atoms with Crippen molar-refractivity contribution in [2.45, 2.75) is 17.9 Å². The molecule has 3 aromatic rings. The van der Waals surface area contributed by atoms with Gasteiger partial charge in [-0.2, -0.15) is 0 Å². The van der Waals surface area contributed by atoms with Gasteiger partial charge in [-0.1, -0.05) is 6.07 Å². The van der Waals surface area contributed by atoms with Crippen molar-refractivity contribution >= 4 is 33.2 Å². The van der Waals surface area contributed by atoms with Gasteiger partial charge in [0.25, 0.3) is 15.7 Å². The maximum absolute atomic E-state index is 13.0. The third-order valence-electron chi connectivity index (χ3n) is 5.35. The number of Topliss-reactive ketones (excluding diaryl/α,β-unsaturated/α-hetero) is 1. The molecule has 38 heavy (non-hydrogen) atoms. The Morgan fingerprint density at radius 1 is 0.921 bits per heavy atom. The van der Waals surface area contributed by atoms with Crippen LogP contribution in [-0.2, 0) is 14.8 Å². The third-order valence-corrected chi connectivity index (χ3v) is 6.71. The number of ketones is 1. The first kappa shape index (κ1) is 27.9. The van der Waals surface area contributed by atoms with Crippen LogP contribution in [0.2, 0.25) is 0 Å². The van der Waals surface area contributed by atoms with E-state index >= 15 is 0 Å². The van der Waals surface area contributed by atoms with Gasteiger partial charge in [-0.3, -0.25) is 19.6 Å². The number of esters is 1. The first-order valence-corrected chi connectivity index (χ1v) is 12.4. The molecular formula is C25H24N2O10S. The minimum absolute atomic E-state index is 0.0519. The van der Waals surface area contributed by atoms with Crippen LogP contribution >= 0.6 is 0 Å². The van der Waals surface area contributed by atoms with Crippen molar-refractivity contribution < 1.29 is 41.9 Å². The fourth-order valence-corrected chi connectivity index (χ4v) is 4.49. The van der Waals surface area contributed by atoms with E-state index in [0.717, 1.165) is 18.2 Å². The number of methoxy groups -OCH3 is 3. The molecule has 0 aromatic heterocycles. The number of nitrogens with zero attached hydrogens (tertiary/aromatic N) is 1. The predicted molar refractivity (Wildman–Crippen MR) is 136 cm³/mol. The zero-order chi connectivity index (χ0) is 28.0. The van der Waals surface area contributed by atoms with Crippen LogP contribution in [0, 0.1) is 10.1 Å². The summed E-state index contributed by atoms with van der Waals surface area (Å²) in [5, 5.41) is 11.1. The van der Waals surface area contributed by atoms with E-state index in [1.54, 1.807) is 6.07 Å². The Kier molecular flexibility index (Phi) is 8.53. The van der Waals surface area contributed by atoms with E-state index in [1.165, 1.54) is 64.7 Å². The van der Waals surface area contributed by atoms with E-state index in [0.29, 0.717) is 5.75 Å². The molecule has 0 aliphatic heterocycles. The summed E-state index contributed by atoms with van der Waals surface area (Å²) < 4.78 is 48.9. The van der Waals surface area contributed by atoms with Crippen LogP contribution in [0.3, 0.4) is 0 Å². The number of nitro benzene ring substituents is 1. The highest BCUT2D eigenvalue weighted by Gasteiger charge is 2.25. The number of sulfonamides is 1. The molecule has 0 saturated heterocycles. The Labute approximate surface area is 218 Å². The predicted octanol–water partition coefficient (Wildman–Crippen LogP) is 3.85. The topological polar surface area (TPSA) is 160 Å². The molecule has 12 nitrogen and oxygen atoms in total. The Bertz CT molecular complexity index is 1490. The van der Waals surface area contributed by atoms with Crippen LogP contribution in [0.1, 0.15) is 27.6 Å². The molecule has 0 radical (unpaired) electrons. The van der Waals surface area contributed by atoms with Crippen LogP contribution < -0.4 is 18.9 Å². The molecule has 0 amide bonds. The summed E-state index contributed by atoms with van der Waals surface area (Å²) in [4.78, 5) is 35.8. The standard InChI is InChI=1S/C25H24N2O10S/c1-15(24(28)20-10-9-18(34-2)14-23(20)36-4)37-25(29)16-6-5-7-19(12-16)38(32,33)26-21-13-17(27(30)31)8-11-22(21)35-3/h5-15,26H,1-4H3. The lowest BCUT2D eigenvalue weighted by atomic mass is 10.1. The van der Waals surface area contributed by atoms with E-state index in [1.807, 2.05) is 0 Å². The lowest BCUT2D eigenvalue weighted by molar-refractivity contribution is -0.384. The largest absolute Gasteiger partial charge is 0.497 e. The molecule has 1 N–H and O–H groups in total. The van der Waals surface area contributed by atoms with Crippen molar-refractivity contribution in [2.24, 2.45) is 0 Å². The molecule has 0 spiro atoms. The molecule has 0 aliphatic carbocycles. The SMILES string of the molecule is COc1ccc(C(=O)C(C)OC(=O)c2cccc(S(=O)(=O)Nc3cc([N+](=O)[O-])ccc3OC)c2)c(OC)c1. The van der Waals surface area contributed by atoms with Crippen molar-refractivity contribution in [3.05, 3.63) is 81.9 Å². The summed E-state index contributed by atoms with van der Waals surface area (Å²) in [6, 6.07) is 12.9. The summed E-state index contributed by atoms with van der Waals surface area (Å²) >= 11 is 0. The van der Waals surface area contributed by atoms with Crippen LogP contribution in [-0.4, -0.2) is 52.5 Å². The summed E-state index contributed by atoms with van der Waals surface area (Å²) in [6.07, 6.45) is -1.22. The molecule has 0 saturated carbocycles. The van der Waals surface area contributed by atoms with E-state index in [2.05, 4.69) is 4.72 Å². The van der Waals surface area contributed by atoms with Gasteiger partial charge in [-0.15, -0.1) is 0 Å². The zero-order valence-electron chi connectivity index (χ0n) is 20.8. The van der Waals surface area contributed by atoms with Gasteiger partial charge >= 0.3 is 5.97 Å². The fraction of sp³-hybridized carbons (Fsp3) is 0.200. The summed E-state index contributed by atoms with van der Waals surface area (Å²) in [5.41, 5.74) is -0.490. The Morgan fingerprint density at radius 3 is 2.26 bits per heavy atom. The first-order valence-electron chi connectivity index (χ1n) is 10.9. The lowest BCUT2D eigenvalue weighted by Gasteiger charge is -2.15. The normalized spacial score (nSPS) is 11.7. The Balaban J connectivity index is 1.81. The van der Waals surface area contributed by atoms with E-state index in [-0.39, 0.29) is 38.9 Å². The molecule has 3 rings (SSSR count). The molecular weight excluding hydrogens is 520 g/mol. The van der Waals surface area contributed by atoms with Crippen molar-refractivity contribution in [2.75, 3.05) is 26.1 Å². The van der Waals surface area contributed by atoms with Crippen molar-refractivity contribution in [3.63, 3.8) is 0 Å². The molecule has 200 valence electrons. The number of ether oxygens (including phenoxy) is 4. The number of hydrogen-bond acceptors (Lipinski definition) is 10. The molecule has 0 heterocycles. The minimum atomic E-state index is -4.30. The van der Waals surface area contributed by atoms with E-state index in [9.17, 15) is 28.1 Å². The number of anilines is 1. The number of hydrogen-bond donors (Lipinski definition) is 1. The maximum atomic E-state index is 13.0. The maximum Gasteiger partial charge on any atom is 0.338 e. The van der Waals surface area contributed by atoms with E-state index < -0.39 is 32.8 Å². The summed E-state index contributed by atoms with van der Waals surface area (Å²) in [5.74, 6) is -0.731. The highest BCUT2D eigenvalue weighted by Crippen LogP contribution is 2.31. The van der Waals surface area contributed by atoms with E-state index in [4.69, 9.17) is 18.9 Å². The van der Waals surface area contributed by atoms with Crippen molar-refractivity contribution in [1.82, 2.24) is 0 Å². The Hall–Kier alpha value is -4.65. The number of carbonyl (C=O) groups excluding carboxylic acids is 2. The van der Waals surface area contributed by atoms with Gasteiger partial charge in [-0.05, 0) is 43.3 Å². The van der Waals surface area contributed by atoms with Crippen LogP contribution in [0.5, 0.6) is 17.2 Å². The zero-order valence-corrected chi connectivity index (χ0v) is 21.6. The number of nitro groups is 1. The smallest absolute Gasteiger partial charge is 0.338 e. The quantitative estimate of drug-likeness (QED) is 0.162. The van der Waals surface area contributed by atoms with Gasteiger partial charge in [0.05, 0.1) is 48.0 Å². The molecule has 1 atom stereocenters. The number of carbonyl (C=O) groups is 2. The number of nitrogens with one attached hydrogen (secondary N) is 1. The highest BCUT2D eigenvalue weighted by molar-refractivity contribution is 7.92. The average Bonchev–Trinajstić information content (AvgIpc) is 2.91. The monoisotopic (exact) mass is 544 g/mol. The fourth-order valence-electron chi connectivity index (χ4n) is 3.39. The highest BCUT2D eigenvalue weighted by atomic mass is 32.2. The Morgan fingerprint density at radius 2 is 1.63 bits per heavy atom. The second-order valence-corrected chi connectivity index (χ2v) is 9.44. The molecule has 0 aliphatic rings. The first-order chi connectivity index (χ1) is 18.0. The molecule has 1 unspecified atom stereocenters. The van der Waals surface area contributed by atoms with Crippen molar-refractivity contribution in [1.29, 1.82) is 0 Å². The van der Waals surface area contributed by atoms with Gasteiger partial charge < -0.3 is 18.9 Å². The van der Waals surface area contributed by atoms with Crippen LogP contribution in [0.25, 0.3) is 0 Å². The molecule has 0 bridgehead atoms. The second kappa shape index (κ2) is 11.6. The van der Waals surface area contributed by atoms with Crippen LogP contribution in [0.4, 0.5) is 11.4 Å². The van der Waals surface area contributed by atoms with Gasteiger partial charge in [-0.25, -0.2) is 13.2 Å². The third kappa shape index (κ3) is 6.18. The summed E-state index contributed by atoms with van der Waals surface area (Å²) in [6.45, 7) is 1.38. The molecule has 3 aromatic carbocycles. The lowest BCUT2D eigenvalue weighted by Crippen LogP contribution is -2.25. The number of rotatable bonds is 11. The molecule has 0 fully saturated rings. The van der Waals surface area contributed by atoms with Gasteiger partial charge in [0.1, 0.15) is 17.2 Å². The summed E-state index contributed by atoms with van der Waals surface area (Å²) in [7, 11) is -0.183. The number of non-ortho nitro benzene ring substituents is 1. The van der Waals surface area contributed by atoms with Crippen molar-refractivity contribution in [3.8, 4) is 17.2 Å².